The van der Waals surface area contributed by atoms with Crippen molar-refractivity contribution < 1.29 is 14.3 Å². The summed E-state index contributed by atoms with van der Waals surface area (Å²) >= 11 is 1.33. The van der Waals surface area contributed by atoms with E-state index in [1.807, 2.05) is 72.1 Å². The van der Waals surface area contributed by atoms with Crippen LogP contribution in [0.1, 0.15) is 20.0 Å². The number of amides is 2. The fourth-order valence-corrected chi connectivity index (χ4v) is 4.27. The SMILES string of the molecule is CNC(=O)c1scc(-c2ccc(NC(=O)c3ccc4ccccc4c3)cc2)c1OC. The van der Waals surface area contributed by atoms with Crippen LogP contribution in [0, 0.1) is 0 Å². The lowest BCUT2D eigenvalue weighted by Crippen LogP contribution is -2.17. The Morgan fingerprint density at radius 3 is 2.33 bits per heavy atom. The first-order valence-electron chi connectivity index (χ1n) is 9.39. The highest BCUT2D eigenvalue weighted by atomic mass is 32.1. The van der Waals surface area contributed by atoms with Gasteiger partial charge in [-0.05, 0) is 40.6 Å². The number of carbonyl (C=O) groups excluding carboxylic acids is 2. The summed E-state index contributed by atoms with van der Waals surface area (Å²) in [6.45, 7) is 0. The number of ether oxygens (including phenoxy) is 1. The Balaban J connectivity index is 1.54. The predicted molar refractivity (Wildman–Crippen MR) is 122 cm³/mol. The van der Waals surface area contributed by atoms with Crippen LogP contribution in [0.15, 0.2) is 72.1 Å². The van der Waals surface area contributed by atoms with Crippen LogP contribution in [0.25, 0.3) is 21.9 Å². The van der Waals surface area contributed by atoms with Crippen LogP contribution < -0.4 is 15.4 Å². The third kappa shape index (κ3) is 3.77. The number of benzene rings is 3. The van der Waals surface area contributed by atoms with E-state index in [-0.39, 0.29) is 11.8 Å². The Kier molecular flexibility index (Phi) is 5.50. The van der Waals surface area contributed by atoms with E-state index < -0.39 is 0 Å². The summed E-state index contributed by atoms with van der Waals surface area (Å²) in [6.07, 6.45) is 0. The van der Waals surface area contributed by atoms with Crippen molar-refractivity contribution in [3.8, 4) is 16.9 Å². The molecular formula is C24H20N2O3S. The molecule has 150 valence electrons. The van der Waals surface area contributed by atoms with Gasteiger partial charge in [-0.3, -0.25) is 9.59 Å². The second-order valence-electron chi connectivity index (χ2n) is 6.68. The third-order valence-corrected chi connectivity index (χ3v) is 5.81. The highest BCUT2D eigenvalue weighted by molar-refractivity contribution is 7.13. The molecule has 0 saturated carbocycles. The molecule has 0 aliphatic heterocycles. The van der Waals surface area contributed by atoms with Gasteiger partial charge in [-0.1, -0.05) is 42.5 Å². The van der Waals surface area contributed by atoms with Crippen LogP contribution in [-0.2, 0) is 0 Å². The van der Waals surface area contributed by atoms with Gasteiger partial charge < -0.3 is 15.4 Å². The van der Waals surface area contributed by atoms with E-state index in [0.29, 0.717) is 21.9 Å². The molecule has 2 amide bonds. The Bertz CT molecular complexity index is 1230. The molecule has 0 aliphatic carbocycles. The molecule has 0 unspecified atom stereocenters. The van der Waals surface area contributed by atoms with Gasteiger partial charge in [0, 0.05) is 29.2 Å². The molecule has 0 aliphatic rings. The molecular weight excluding hydrogens is 396 g/mol. The molecule has 30 heavy (non-hydrogen) atoms. The molecule has 3 aromatic carbocycles. The second kappa shape index (κ2) is 8.39. The molecule has 0 radical (unpaired) electrons. The summed E-state index contributed by atoms with van der Waals surface area (Å²) < 4.78 is 5.46. The molecule has 4 rings (SSSR count). The Morgan fingerprint density at radius 1 is 0.900 bits per heavy atom. The van der Waals surface area contributed by atoms with Gasteiger partial charge in [0.05, 0.1) is 7.11 Å². The van der Waals surface area contributed by atoms with Crippen molar-refractivity contribution >= 4 is 39.6 Å². The second-order valence-corrected chi connectivity index (χ2v) is 7.56. The molecule has 0 saturated heterocycles. The van der Waals surface area contributed by atoms with Gasteiger partial charge in [0.2, 0.25) is 0 Å². The highest BCUT2D eigenvalue weighted by Crippen LogP contribution is 2.38. The Morgan fingerprint density at radius 2 is 1.63 bits per heavy atom. The minimum atomic E-state index is -0.178. The van der Waals surface area contributed by atoms with E-state index in [1.165, 1.54) is 11.3 Å². The molecule has 4 aromatic rings. The summed E-state index contributed by atoms with van der Waals surface area (Å²) in [7, 11) is 3.14. The number of hydrogen-bond donors (Lipinski definition) is 2. The maximum Gasteiger partial charge on any atom is 0.264 e. The molecule has 5 nitrogen and oxygen atoms in total. The van der Waals surface area contributed by atoms with Crippen LogP contribution in [0.2, 0.25) is 0 Å². The number of carbonyl (C=O) groups is 2. The van der Waals surface area contributed by atoms with Crippen LogP contribution in [0.4, 0.5) is 5.69 Å². The number of hydrogen-bond acceptors (Lipinski definition) is 4. The average Bonchev–Trinajstić information content (AvgIpc) is 3.22. The zero-order chi connectivity index (χ0) is 21.1. The maximum atomic E-state index is 12.7. The fourth-order valence-electron chi connectivity index (χ4n) is 3.29. The maximum absolute atomic E-state index is 12.7. The van der Waals surface area contributed by atoms with Crippen LogP contribution in [-0.4, -0.2) is 26.0 Å². The molecule has 0 bridgehead atoms. The number of thiophene rings is 1. The normalized spacial score (nSPS) is 10.6. The standard InChI is InChI=1S/C24H20N2O3S/c1-25-24(28)22-21(29-2)20(14-30-22)16-9-11-19(12-10-16)26-23(27)18-8-7-15-5-3-4-6-17(15)13-18/h3-14H,1-2H3,(H,25,28)(H,26,27). The van der Waals surface area contributed by atoms with Gasteiger partial charge in [-0.25, -0.2) is 0 Å². The Hall–Kier alpha value is -3.64. The first kappa shape index (κ1) is 19.7. The highest BCUT2D eigenvalue weighted by Gasteiger charge is 2.19. The quantitative estimate of drug-likeness (QED) is 0.471. The average molecular weight is 417 g/mol. The zero-order valence-corrected chi connectivity index (χ0v) is 17.4. The van der Waals surface area contributed by atoms with E-state index in [0.717, 1.165) is 21.9 Å². The summed E-state index contributed by atoms with van der Waals surface area (Å²) in [5.74, 6) is 0.207. The van der Waals surface area contributed by atoms with Gasteiger partial charge in [0.25, 0.3) is 11.8 Å². The lowest BCUT2D eigenvalue weighted by Gasteiger charge is -2.09. The number of rotatable bonds is 5. The smallest absolute Gasteiger partial charge is 0.264 e. The van der Waals surface area contributed by atoms with Crippen molar-refractivity contribution in [2.45, 2.75) is 0 Å². The Labute approximate surface area is 178 Å². The van der Waals surface area contributed by atoms with E-state index in [9.17, 15) is 9.59 Å². The summed E-state index contributed by atoms with van der Waals surface area (Å²) in [4.78, 5) is 25.2. The lowest BCUT2D eigenvalue weighted by molar-refractivity contribution is 0.0963. The fraction of sp³-hybridized carbons (Fsp3) is 0.0833. The molecule has 0 atom stereocenters. The lowest BCUT2D eigenvalue weighted by atomic mass is 10.1. The number of fused-ring (bicyclic) bond motifs is 1. The van der Waals surface area contributed by atoms with Crippen LogP contribution in [0.3, 0.4) is 0 Å². The van der Waals surface area contributed by atoms with Crippen LogP contribution in [0.5, 0.6) is 5.75 Å². The number of nitrogens with one attached hydrogen (secondary N) is 2. The summed E-state index contributed by atoms with van der Waals surface area (Å²) in [6, 6.07) is 21.1. The van der Waals surface area contributed by atoms with Crippen LogP contribution >= 0.6 is 11.3 Å². The molecule has 1 aromatic heterocycles. The summed E-state index contributed by atoms with van der Waals surface area (Å²) in [5, 5.41) is 9.57. The van der Waals surface area contributed by atoms with Gasteiger partial charge in [-0.15, -0.1) is 11.3 Å². The van der Waals surface area contributed by atoms with E-state index in [4.69, 9.17) is 4.74 Å². The van der Waals surface area contributed by atoms with E-state index in [2.05, 4.69) is 10.6 Å². The number of anilines is 1. The van der Waals surface area contributed by atoms with Gasteiger partial charge in [-0.2, -0.15) is 0 Å². The van der Waals surface area contributed by atoms with Crippen molar-refractivity contribution in [1.29, 1.82) is 0 Å². The number of methoxy groups -OCH3 is 1. The first-order valence-corrected chi connectivity index (χ1v) is 10.3. The first-order chi connectivity index (χ1) is 14.6. The zero-order valence-electron chi connectivity index (χ0n) is 16.6. The van der Waals surface area contributed by atoms with E-state index >= 15 is 0 Å². The van der Waals surface area contributed by atoms with Crippen molar-refractivity contribution in [2.24, 2.45) is 0 Å². The predicted octanol–water partition coefficient (Wildman–Crippen LogP) is 5.19. The van der Waals surface area contributed by atoms with Crippen molar-refractivity contribution in [1.82, 2.24) is 5.32 Å². The van der Waals surface area contributed by atoms with Gasteiger partial charge in [0.1, 0.15) is 10.6 Å². The van der Waals surface area contributed by atoms with Crippen molar-refractivity contribution in [2.75, 3.05) is 19.5 Å². The van der Waals surface area contributed by atoms with E-state index in [1.54, 1.807) is 14.2 Å². The molecule has 1 heterocycles. The minimum absolute atomic E-state index is 0.163. The summed E-state index contributed by atoms with van der Waals surface area (Å²) in [5.41, 5.74) is 3.04. The van der Waals surface area contributed by atoms with Gasteiger partial charge >= 0.3 is 0 Å². The van der Waals surface area contributed by atoms with Gasteiger partial charge in [0.15, 0.2) is 0 Å². The van der Waals surface area contributed by atoms with Crippen molar-refractivity contribution in [3.63, 3.8) is 0 Å². The largest absolute Gasteiger partial charge is 0.494 e. The molecule has 6 heteroatoms. The molecule has 2 N–H and O–H groups in total. The monoisotopic (exact) mass is 416 g/mol. The molecule has 0 spiro atoms. The topological polar surface area (TPSA) is 67.4 Å². The van der Waals surface area contributed by atoms with Crippen molar-refractivity contribution in [3.05, 3.63) is 82.6 Å². The molecule has 0 fully saturated rings. The third-order valence-electron chi connectivity index (χ3n) is 4.85. The minimum Gasteiger partial charge on any atom is -0.494 e.